The molecule has 0 bridgehead atoms. The quantitative estimate of drug-likeness (QED) is 0.331. The summed E-state index contributed by atoms with van der Waals surface area (Å²) < 4.78 is 18.2. The first-order valence-electron chi connectivity index (χ1n) is 9.79. The predicted molar refractivity (Wildman–Crippen MR) is 119 cm³/mol. The molecule has 0 spiro atoms. The molecule has 0 aromatic heterocycles. The molecule has 0 atom stereocenters. The lowest BCUT2D eigenvalue weighted by Gasteiger charge is -2.09. The summed E-state index contributed by atoms with van der Waals surface area (Å²) in [5.41, 5.74) is 2.27. The van der Waals surface area contributed by atoms with Gasteiger partial charge in [0.25, 0.3) is 5.91 Å². The molecule has 7 heteroatoms. The number of nitrogens with one attached hydrogen (secondary N) is 2. The van der Waals surface area contributed by atoms with Crippen LogP contribution in [0.1, 0.15) is 28.4 Å². The number of carbonyl (C=O) groups is 3. The van der Waals surface area contributed by atoms with E-state index in [4.69, 9.17) is 4.74 Å². The van der Waals surface area contributed by atoms with Crippen LogP contribution in [0, 0.1) is 5.82 Å². The number of halogens is 1. The van der Waals surface area contributed by atoms with Gasteiger partial charge < -0.3 is 15.4 Å². The standard InChI is InChI=1S/C25H21FN2O4/c1-17(29)32-23-10-4-7-20(15-23)25(31)27-16-19-6-3-9-22(14-19)28-24(30)12-11-18-5-2-8-21(26)13-18/h2-15H,16H2,1H3,(H,27,31)(H,28,30)/b12-11+. The fourth-order valence-electron chi connectivity index (χ4n) is 2.88. The van der Waals surface area contributed by atoms with Crippen molar-refractivity contribution in [3.05, 3.63) is 101 Å². The number of anilines is 1. The average Bonchev–Trinajstić information content (AvgIpc) is 2.76. The van der Waals surface area contributed by atoms with E-state index in [0.717, 1.165) is 5.56 Å². The van der Waals surface area contributed by atoms with Crippen molar-refractivity contribution >= 4 is 29.5 Å². The van der Waals surface area contributed by atoms with E-state index in [0.29, 0.717) is 22.6 Å². The number of carbonyl (C=O) groups excluding carboxylic acids is 3. The Hall–Kier alpha value is -4.26. The van der Waals surface area contributed by atoms with E-state index in [1.165, 1.54) is 37.3 Å². The predicted octanol–water partition coefficient (Wildman–Crippen LogP) is 4.33. The van der Waals surface area contributed by atoms with Gasteiger partial charge in [-0.05, 0) is 59.7 Å². The van der Waals surface area contributed by atoms with Gasteiger partial charge in [-0.15, -0.1) is 0 Å². The molecule has 0 unspecified atom stereocenters. The highest BCUT2D eigenvalue weighted by molar-refractivity contribution is 6.02. The first-order chi connectivity index (χ1) is 15.4. The van der Waals surface area contributed by atoms with Crippen molar-refractivity contribution in [3.8, 4) is 5.75 Å². The van der Waals surface area contributed by atoms with Crippen LogP contribution < -0.4 is 15.4 Å². The SMILES string of the molecule is CC(=O)Oc1cccc(C(=O)NCc2cccc(NC(=O)/C=C/c3cccc(F)c3)c2)c1. The first kappa shape index (κ1) is 22.4. The Bertz CT molecular complexity index is 1170. The molecule has 3 aromatic carbocycles. The van der Waals surface area contributed by atoms with Crippen LogP contribution in [0.3, 0.4) is 0 Å². The summed E-state index contributed by atoms with van der Waals surface area (Å²) >= 11 is 0. The highest BCUT2D eigenvalue weighted by Crippen LogP contribution is 2.15. The van der Waals surface area contributed by atoms with Crippen molar-refractivity contribution in [1.82, 2.24) is 5.32 Å². The van der Waals surface area contributed by atoms with Crippen LogP contribution in [0.4, 0.5) is 10.1 Å². The van der Waals surface area contributed by atoms with Gasteiger partial charge >= 0.3 is 5.97 Å². The van der Waals surface area contributed by atoms with E-state index in [-0.39, 0.29) is 24.2 Å². The van der Waals surface area contributed by atoms with E-state index < -0.39 is 5.97 Å². The molecule has 0 aliphatic heterocycles. The fraction of sp³-hybridized carbons (Fsp3) is 0.0800. The van der Waals surface area contributed by atoms with Crippen LogP contribution in [0.5, 0.6) is 5.75 Å². The largest absolute Gasteiger partial charge is 0.427 e. The van der Waals surface area contributed by atoms with Crippen LogP contribution in [0.2, 0.25) is 0 Å². The number of hydrogen-bond acceptors (Lipinski definition) is 4. The van der Waals surface area contributed by atoms with Gasteiger partial charge in [-0.1, -0.05) is 30.3 Å². The number of benzene rings is 3. The second-order valence-corrected chi connectivity index (χ2v) is 6.88. The van der Waals surface area contributed by atoms with Crippen molar-refractivity contribution < 1.29 is 23.5 Å². The molecule has 0 saturated carbocycles. The molecule has 2 N–H and O–H groups in total. The Kier molecular flexibility index (Phi) is 7.48. The number of esters is 1. The fourth-order valence-corrected chi connectivity index (χ4v) is 2.88. The molecule has 0 aliphatic rings. The molecular weight excluding hydrogens is 411 g/mol. The van der Waals surface area contributed by atoms with E-state index in [2.05, 4.69) is 10.6 Å². The maximum absolute atomic E-state index is 13.2. The highest BCUT2D eigenvalue weighted by atomic mass is 19.1. The number of hydrogen-bond donors (Lipinski definition) is 2. The number of ether oxygens (including phenoxy) is 1. The zero-order valence-electron chi connectivity index (χ0n) is 17.3. The molecule has 0 heterocycles. The summed E-state index contributed by atoms with van der Waals surface area (Å²) in [6.07, 6.45) is 2.84. The minimum absolute atomic E-state index is 0.236. The minimum Gasteiger partial charge on any atom is -0.427 e. The van der Waals surface area contributed by atoms with Crippen molar-refractivity contribution in [3.63, 3.8) is 0 Å². The average molecular weight is 432 g/mol. The van der Waals surface area contributed by atoms with Gasteiger partial charge in [0.15, 0.2) is 0 Å². The molecule has 3 rings (SSSR count). The van der Waals surface area contributed by atoms with Gasteiger partial charge in [-0.25, -0.2) is 4.39 Å². The molecule has 162 valence electrons. The highest BCUT2D eigenvalue weighted by Gasteiger charge is 2.08. The summed E-state index contributed by atoms with van der Waals surface area (Å²) in [6.45, 7) is 1.52. The van der Waals surface area contributed by atoms with Crippen LogP contribution in [0.15, 0.2) is 78.9 Å². The lowest BCUT2D eigenvalue weighted by Crippen LogP contribution is -2.23. The van der Waals surface area contributed by atoms with Crippen molar-refractivity contribution in [2.45, 2.75) is 13.5 Å². The molecule has 0 fully saturated rings. The third-order valence-electron chi connectivity index (χ3n) is 4.28. The first-order valence-corrected chi connectivity index (χ1v) is 9.79. The minimum atomic E-state index is -0.466. The second-order valence-electron chi connectivity index (χ2n) is 6.88. The number of amides is 2. The van der Waals surface area contributed by atoms with Gasteiger partial charge in [-0.2, -0.15) is 0 Å². The summed E-state index contributed by atoms with van der Waals surface area (Å²) in [6, 6.07) is 19.3. The molecule has 0 aliphatic carbocycles. The molecule has 6 nitrogen and oxygen atoms in total. The molecule has 32 heavy (non-hydrogen) atoms. The van der Waals surface area contributed by atoms with Gasteiger partial charge in [0.05, 0.1) is 0 Å². The van der Waals surface area contributed by atoms with E-state index in [1.54, 1.807) is 48.5 Å². The summed E-state index contributed by atoms with van der Waals surface area (Å²) in [5, 5.41) is 5.52. The zero-order chi connectivity index (χ0) is 22.9. The van der Waals surface area contributed by atoms with E-state index >= 15 is 0 Å². The van der Waals surface area contributed by atoms with Gasteiger partial charge in [0.2, 0.25) is 5.91 Å². The molecule has 2 amide bonds. The summed E-state index contributed by atoms with van der Waals surface area (Å²) in [5.74, 6) is -1.24. The smallest absolute Gasteiger partial charge is 0.308 e. The Balaban J connectivity index is 1.57. The third kappa shape index (κ3) is 6.91. The summed E-state index contributed by atoms with van der Waals surface area (Å²) in [7, 11) is 0. The van der Waals surface area contributed by atoms with Crippen LogP contribution in [-0.2, 0) is 16.1 Å². The van der Waals surface area contributed by atoms with Crippen LogP contribution in [-0.4, -0.2) is 17.8 Å². The van der Waals surface area contributed by atoms with Crippen molar-refractivity contribution in [2.75, 3.05) is 5.32 Å². The Labute approximate surface area is 184 Å². The topological polar surface area (TPSA) is 84.5 Å². The molecule has 3 aromatic rings. The van der Waals surface area contributed by atoms with Gasteiger partial charge in [0, 0.05) is 30.8 Å². The molecule has 0 saturated heterocycles. The second kappa shape index (κ2) is 10.7. The van der Waals surface area contributed by atoms with Gasteiger partial charge in [-0.3, -0.25) is 14.4 Å². The Morgan fingerprint density at radius 1 is 0.969 bits per heavy atom. The summed E-state index contributed by atoms with van der Waals surface area (Å²) in [4.78, 5) is 35.6. The Morgan fingerprint density at radius 3 is 2.53 bits per heavy atom. The normalized spacial score (nSPS) is 10.6. The maximum Gasteiger partial charge on any atom is 0.308 e. The van der Waals surface area contributed by atoms with Crippen molar-refractivity contribution in [2.24, 2.45) is 0 Å². The maximum atomic E-state index is 13.2. The lowest BCUT2D eigenvalue weighted by molar-refractivity contribution is -0.131. The molecular formula is C25H21FN2O4. The third-order valence-corrected chi connectivity index (χ3v) is 4.28. The number of rotatable bonds is 7. The van der Waals surface area contributed by atoms with Crippen LogP contribution >= 0.6 is 0 Å². The molecule has 0 radical (unpaired) electrons. The van der Waals surface area contributed by atoms with E-state index in [9.17, 15) is 18.8 Å². The monoisotopic (exact) mass is 432 g/mol. The van der Waals surface area contributed by atoms with Crippen LogP contribution in [0.25, 0.3) is 6.08 Å². The van der Waals surface area contributed by atoms with Gasteiger partial charge in [0.1, 0.15) is 11.6 Å². The van der Waals surface area contributed by atoms with Crippen molar-refractivity contribution in [1.29, 1.82) is 0 Å². The Morgan fingerprint density at radius 2 is 1.75 bits per heavy atom. The zero-order valence-corrected chi connectivity index (χ0v) is 17.3. The van der Waals surface area contributed by atoms with E-state index in [1.807, 2.05) is 6.07 Å². The lowest BCUT2D eigenvalue weighted by atomic mass is 10.1.